The van der Waals surface area contributed by atoms with E-state index in [0.29, 0.717) is 0 Å². The maximum Gasteiger partial charge on any atom is 0.417 e. The van der Waals surface area contributed by atoms with Gasteiger partial charge in [0.25, 0.3) is 0 Å². The zero-order valence-corrected chi connectivity index (χ0v) is 14.6. The largest absolute Gasteiger partial charge is 0.417 e. The first-order chi connectivity index (χ1) is 11.8. The van der Waals surface area contributed by atoms with Crippen LogP contribution in [-0.2, 0) is 0 Å². The molecule has 0 aliphatic carbocycles. The summed E-state index contributed by atoms with van der Waals surface area (Å²) in [6.45, 7) is 0. The normalized spacial score (nSPS) is 24.2. The lowest BCUT2D eigenvalue weighted by atomic mass is 10.0. The number of aliphatic hydroxyl groups excluding tert-OH is 1. The van der Waals surface area contributed by atoms with E-state index < -0.39 is 25.6 Å². The van der Waals surface area contributed by atoms with Crippen molar-refractivity contribution in [2.24, 2.45) is 0 Å². The smallest absolute Gasteiger partial charge is 0.381 e. The lowest BCUT2D eigenvalue weighted by Gasteiger charge is -2.34. The van der Waals surface area contributed by atoms with Crippen LogP contribution >= 0.6 is 7.14 Å². The molecule has 0 bridgehead atoms. The van der Waals surface area contributed by atoms with E-state index in [1.165, 1.54) is 0 Å². The maximum atomic E-state index is 13.0. The van der Waals surface area contributed by atoms with Crippen molar-refractivity contribution >= 4 is 14.7 Å². The second-order valence-corrected chi connectivity index (χ2v) is 10.3. The summed E-state index contributed by atoms with van der Waals surface area (Å²) in [5.74, 6) is 0. The Morgan fingerprint density at radius 1 is 0.920 bits per heavy atom. The molecule has 0 aromatic heterocycles. The van der Waals surface area contributed by atoms with E-state index in [1.54, 1.807) is 0 Å². The Hall–Kier alpha value is -1.32. The molecule has 1 saturated heterocycles. The van der Waals surface area contributed by atoms with Gasteiger partial charge in [0.15, 0.2) is 6.10 Å². The van der Waals surface area contributed by atoms with Crippen LogP contribution in [0.5, 0.6) is 0 Å². The van der Waals surface area contributed by atoms with Crippen LogP contribution in [0.1, 0.15) is 35.3 Å². The van der Waals surface area contributed by atoms with Gasteiger partial charge < -0.3 is 5.11 Å². The van der Waals surface area contributed by atoms with Crippen LogP contribution in [-0.4, -0.2) is 31.1 Å². The minimum atomic E-state index is -4.64. The Morgan fingerprint density at radius 2 is 1.32 bits per heavy atom. The first kappa shape index (κ1) is 18.5. The minimum absolute atomic E-state index is 0.115. The molecule has 0 amide bonds. The molecular formula is C19H20BF3OP+. The van der Waals surface area contributed by atoms with Gasteiger partial charge in [-0.3, -0.25) is 0 Å². The van der Waals surface area contributed by atoms with Gasteiger partial charge in [-0.2, -0.15) is 13.2 Å². The van der Waals surface area contributed by atoms with Crippen molar-refractivity contribution in [3.8, 4) is 0 Å². The van der Waals surface area contributed by atoms with Gasteiger partial charge in [0.2, 0.25) is 0 Å². The van der Waals surface area contributed by atoms with Crippen LogP contribution < -0.4 is 0 Å². The second kappa shape index (κ2) is 7.13. The molecule has 1 fully saturated rings. The predicted octanol–water partition coefficient (Wildman–Crippen LogP) is 5.29. The number of rotatable bonds is 4. The fraction of sp³-hybridized carbons (Fsp3) is 0.368. The molecule has 1 aliphatic rings. The van der Waals surface area contributed by atoms with Crippen LogP contribution in [0.15, 0.2) is 60.7 Å². The summed E-state index contributed by atoms with van der Waals surface area (Å²) >= 11 is 0. The van der Waals surface area contributed by atoms with Crippen molar-refractivity contribution in [1.82, 2.24) is 0 Å². The van der Waals surface area contributed by atoms with Crippen LogP contribution in [0.25, 0.3) is 0 Å². The Labute approximate surface area is 148 Å². The van der Waals surface area contributed by atoms with E-state index in [-0.39, 0.29) is 11.3 Å². The summed E-state index contributed by atoms with van der Waals surface area (Å²) in [6, 6.07) is 19.0. The van der Waals surface area contributed by atoms with E-state index in [1.807, 2.05) is 60.7 Å². The molecule has 2 aromatic rings. The second-order valence-electron chi connectivity index (χ2n) is 6.67. The Morgan fingerprint density at radius 3 is 1.68 bits per heavy atom. The zero-order chi connectivity index (χ0) is 18.1. The van der Waals surface area contributed by atoms with E-state index in [4.69, 9.17) is 7.57 Å². The molecule has 3 rings (SSSR count). The number of hydrogen-bond acceptors (Lipinski definition) is 1. The number of halogens is 3. The summed E-state index contributed by atoms with van der Waals surface area (Å²) in [6.07, 6.45) is -5.91. The Kier molecular flexibility index (Phi) is 5.27. The molecule has 0 spiro atoms. The molecule has 25 heavy (non-hydrogen) atoms. The first-order valence-corrected chi connectivity index (χ1v) is 10.5. The number of benzene rings is 2. The molecule has 130 valence electrons. The molecule has 0 unspecified atom stereocenters. The van der Waals surface area contributed by atoms with Gasteiger partial charge >= 0.3 is 13.7 Å². The van der Waals surface area contributed by atoms with Gasteiger partial charge in [0, 0.05) is 0 Å². The highest BCUT2D eigenvalue weighted by atomic mass is 31.2. The van der Waals surface area contributed by atoms with Crippen LogP contribution in [0, 0.1) is 0 Å². The Balaban J connectivity index is 1.99. The molecule has 0 saturated carbocycles. The van der Waals surface area contributed by atoms with Crippen molar-refractivity contribution in [3.05, 3.63) is 71.8 Å². The molecule has 6 heteroatoms. The number of aliphatic hydroxyl groups is 1. The summed E-state index contributed by atoms with van der Waals surface area (Å²) in [4.78, 5) is 0. The van der Waals surface area contributed by atoms with E-state index in [2.05, 4.69) is 0 Å². The van der Waals surface area contributed by atoms with Gasteiger partial charge in [-0.15, -0.1) is 0 Å². The van der Waals surface area contributed by atoms with Gasteiger partial charge in [-0.1, -0.05) is 60.7 Å². The predicted molar refractivity (Wildman–Crippen MR) is 97.2 cm³/mol. The Bertz CT molecular complexity index is 645. The van der Waals surface area contributed by atoms with Gasteiger partial charge in [-0.25, -0.2) is 0 Å². The first-order valence-electron chi connectivity index (χ1n) is 8.33. The number of hydrogen-bond donors (Lipinski definition) is 1. The van der Waals surface area contributed by atoms with Crippen molar-refractivity contribution in [1.29, 1.82) is 0 Å². The van der Waals surface area contributed by atoms with Crippen molar-refractivity contribution in [3.63, 3.8) is 0 Å². The lowest BCUT2D eigenvalue weighted by molar-refractivity contribution is -0.196. The maximum absolute atomic E-state index is 13.0. The molecule has 3 atom stereocenters. The van der Waals surface area contributed by atoms with Gasteiger partial charge in [0.1, 0.15) is 0 Å². The SMILES string of the molecule is [B][P+]1(C[C@H](O)C(F)(F)F)[C@@H](c2ccccc2)CC[C@@H]1c1ccccc1. The monoisotopic (exact) mass is 363 g/mol. The molecule has 2 radical (unpaired) electrons. The third kappa shape index (κ3) is 3.78. The van der Waals surface area contributed by atoms with Gasteiger partial charge in [-0.05, 0) is 31.1 Å². The minimum Gasteiger partial charge on any atom is -0.381 e. The topological polar surface area (TPSA) is 20.2 Å². The van der Waals surface area contributed by atoms with E-state index >= 15 is 0 Å². The van der Waals surface area contributed by atoms with Crippen molar-refractivity contribution < 1.29 is 18.3 Å². The van der Waals surface area contributed by atoms with Gasteiger partial charge in [0.05, 0.1) is 17.5 Å². The number of alkyl halides is 3. The molecule has 1 N–H and O–H groups in total. The molecule has 1 nitrogen and oxygen atoms in total. The highest BCUT2D eigenvalue weighted by Crippen LogP contribution is 2.82. The van der Waals surface area contributed by atoms with Crippen LogP contribution in [0.4, 0.5) is 13.2 Å². The third-order valence-electron chi connectivity index (χ3n) is 5.11. The lowest BCUT2D eigenvalue weighted by Crippen LogP contribution is -2.34. The molecule has 1 heterocycles. The molecular weight excluding hydrogens is 343 g/mol. The third-order valence-corrected chi connectivity index (χ3v) is 9.52. The van der Waals surface area contributed by atoms with Crippen LogP contribution in [0.3, 0.4) is 0 Å². The highest BCUT2D eigenvalue weighted by Gasteiger charge is 2.57. The molecule has 2 aromatic carbocycles. The summed E-state index contributed by atoms with van der Waals surface area (Å²) < 4.78 is 39.1. The van der Waals surface area contributed by atoms with E-state index in [0.717, 1.165) is 24.0 Å². The summed E-state index contributed by atoms with van der Waals surface area (Å²) in [5, 5.41) is 9.76. The van der Waals surface area contributed by atoms with Crippen LogP contribution in [0.2, 0.25) is 0 Å². The fourth-order valence-electron chi connectivity index (χ4n) is 3.91. The van der Waals surface area contributed by atoms with Crippen molar-refractivity contribution in [2.45, 2.75) is 36.4 Å². The standard InChI is InChI=1S/C19H20BF3OP/c20-25(13-18(24)19(21,22)23)16(14-7-3-1-4-8-14)11-12-17(25)15-9-5-2-6-10-15/h1-10,16-18,24H,11-13H2/q+1/t16-,17-,18+/m1/s1. The quantitative estimate of drug-likeness (QED) is 0.578. The average molecular weight is 363 g/mol. The zero-order valence-electron chi connectivity index (χ0n) is 13.7. The van der Waals surface area contributed by atoms with E-state index in [9.17, 15) is 18.3 Å². The summed E-state index contributed by atoms with van der Waals surface area (Å²) in [7, 11) is 4.15. The van der Waals surface area contributed by atoms with Crippen molar-refractivity contribution in [2.75, 3.05) is 6.16 Å². The fourth-order valence-corrected chi connectivity index (χ4v) is 8.37. The highest BCUT2D eigenvalue weighted by molar-refractivity contribution is 7.98. The average Bonchev–Trinajstić information content (AvgIpc) is 2.92. The summed E-state index contributed by atoms with van der Waals surface area (Å²) in [5.41, 5.74) is 1.73. The molecule has 1 aliphatic heterocycles.